The van der Waals surface area contributed by atoms with E-state index in [9.17, 15) is 9.50 Å². The van der Waals surface area contributed by atoms with Crippen LogP contribution in [0, 0.1) is 11.7 Å². The first kappa shape index (κ1) is 23.4. The van der Waals surface area contributed by atoms with Crippen molar-refractivity contribution in [2.24, 2.45) is 5.92 Å². The van der Waals surface area contributed by atoms with Crippen LogP contribution in [-0.2, 0) is 6.42 Å². The van der Waals surface area contributed by atoms with Crippen LogP contribution in [-0.4, -0.2) is 60.3 Å². The number of nitrogens with zero attached hydrogens (tertiary/aromatic N) is 2. The minimum atomic E-state index is -0.942. The summed E-state index contributed by atoms with van der Waals surface area (Å²) in [6.45, 7) is 5.13. The number of hydrogen-bond acceptors (Lipinski definition) is 3. The summed E-state index contributed by atoms with van der Waals surface area (Å²) in [5.41, 5.74) is 2.15. The number of likely N-dealkylation sites (N-methyl/N-ethyl adjacent to an activating group) is 1. The highest BCUT2D eigenvalue weighted by Gasteiger charge is 2.42. The number of piperazine rings is 1. The Morgan fingerprint density at radius 2 is 1.72 bits per heavy atom. The summed E-state index contributed by atoms with van der Waals surface area (Å²) in [4.78, 5) is 4.88. The van der Waals surface area contributed by atoms with E-state index < -0.39 is 5.60 Å². The summed E-state index contributed by atoms with van der Waals surface area (Å²) in [5, 5.41) is 13.1. The molecular formula is C27H34ClFN2O. The topological polar surface area (TPSA) is 26.7 Å². The van der Waals surface area contributed by atoms with Crippen molar-refractivity contribution in [3.63, 3.8) is 0 Å². The highest BCUT2D eigenvalue weighted by molar-refractivity contribution is 6.30. The molecule has 4 rings (SSSR count). The molecule has 1 saturated heterocycles. The molecule has 0 aromatic heterocycles. The molecule has 1 heterocycles. The summed E-state index contributed by atoms with van der Waals surface area (Å²) in [7, 11) is 2.17. The summed E-state index contributed by atoms with van der Waals surface area (Å²) >= 11 is 6.12. The molecule has 32 heavy (non-hydrogen) atoms. The van der Waals surface area contributed by atoms with Crippen molar-refractivity contribution in [3.8, 4) is 0 Å². The van der Waals surface area contributed by atoms with Crippen LogP contribution in [0.1, 0.15) is 36.8 Å². The molecule has 1 saturated carbocycles. The maximum atomic E-state index is 13.5. The van der Waals surface area contributed by atoms with Gasteiger partial charge in [0.2, 0.25) is 0 Å². The van der Waals surface area contributed by atoms with Gasteiger partial charge in [-0.2, -0.15) is 0 Å². The first-order chi connectivity index (χ1) is 15.4. The third kappa shape index (κ3) is 5.79. The van der Waals surface area contributed by atoms with Gasteiger partial charge in [-0.1, -0.05) is 48.4 Å². The molecule has 3 nitrogen and oxygen atoms in total. The van der Waals surface area contributed by atoms with Crippen molar-refractivity contribution >= 4 is 17.7 Å². The second-order valence-electron chi connectivity index (χ2n) is 9.50. The molecule has 1 aliphatic carbocycles. The lowest BCUT2D eigenvalue weighted by Crippen LogP contribution is -2.51. The molecule has 0 bridgehead atoms. The smallest absolute Gasteiger partial charge is 0.123 e. The van der Waals surface area contributed by atoms with Gasteiger partial charge >= 0.3 is 0 Å². The summed E-state index contributed by atoms with van der Waals surface area (Å²) in [6, 6.07) is 14.4. The Kier molecular flexibility index (Phi) is 7.67. The number of halogens is 2. The van der Waals surface area contributed by atoms with Gasteiger partial charge in [0.25, 0.3) is 0 Å². The predicted octanol–water partition coefficient (Wildman–Crippen LogP) is 5.27. The highest BCUT2D eigenvalue weighted by Crippen LogP contribution is 2.41. The number of aliphatic hydroxyl groups is 1. The van der Waals surface area contributed by atoms with Gasteiger partial charge in [0.05, 0.1) is 5.60 Å². The third-order valence-corrected chi connectivity index (χ3v) is 7.40. The van der Waals surface area contributed by atoms with E-state index in [1.807, 2.05) is 24.3 Å². The molecule has 2 unspecified atom stereocenters. The molecule has 0 radical (unpaired) electrons. The fourth-order valence-corrected chi connectivity index (χ4v) is 5.26. The Labute approximate surface area is 196 Å². The van der Waals surface area contributed by atoms with Crippen molar-refractivity contribution in [2.45, 2.75) is 37.7 Å². The van der Waals surface area contributed by atoms with Gasteiger partial charge in [-0.05, 0) is 67.3 Å². The molecule has 2 aromatic carbocycles. The maximum Gasteiger partial charge on any atom is 0.123 e. The average molecular weight is 457 g/mol. The minimum absolute atomic E-state index is 0.149. The van der Waals surface area contributed by atoms with E-state index in [0.717, 1.165) is 75.1 Å². The number of hydrogen-bond donors (Lipinski definition) is 1. The fourth-order valence-electron chi connectivity index (χ4n) is 5.14. The van der Waals surface area contributed by atoms with Crippen LogP contribution >= 0.6 is 11.6 Å². The SMILES string of the molecule is CN1CCN(CC2CCCCC(=Cc3ccc(F)cc3)C2(O)Cc2ccc(Cl)cc2)CC1. The Hall–Kier alpha value is -1.72. The summed E-state index contributed by atoms with van der Waals surface area (Å²) in [5.74, 6) is -0.0897. The lowest BCUT2D eigenvalue weighted by atomic mass is 9.74. The zero-order chi connectivity index (χ0) is 22.6. The molecular weight excluding hydrogens is 423 g/mol. The zero-order valence-electron chi connectivity index (χ0n) is 18.9. The van der Waals surface area contributed by atoms with Crippen LogP contribution in [0.2, 0.25) is 5.02 Å². The van der Waals surface area contributed by atoms with Crippen LogP contribution < -0.4 is 0 Å². The average Bonchev–Trinajstić information content (AvgIpc) is 2.92. The van der Waals surface area contributed by atoms with Gasteiger partial charge in [-0.25, -0.2) is 4.39 Å². The van der Waals surface area contributed by atoms with E-state index in [-0.39, 0.29) is 11.7 Å². The largest absolute Gasteiger partial charge is 0.385 e. The van der Waals surface area contributed by atoms with E-state index in [2.05, 4.69) is 22.9 Å². The molecule has 1 N–H and O–H groups in total. The minimum Gasteiger partial charge on any atom is -0.385 e. The quantitative estimate of drug-likeness (QED) is 0.620. The first-order valence-electron chi connectivity index (χ1n) is 11.8. The summed E-state index contributed by atoms with van der Waals surface area (Å²) < 4.78 is 13.5. The zero-order valence-corrected chi connectivity index (χ0v) is 19.7. The second kappa shape index (κ2) is 10.5. The van der Waals surface area contributed by atoms with Crippen molar-refractivity contribution < 1.29 is 9.50 Å². The molecule has 2 aromatic rings. The van der Waals surface area contributed by atoms with E-state index >= 15 is 0 Å². The van der Waals surface area contributed by atoms with Crippen LogP contribution in [0.5, 0.6) is 0 Å². The van der Waals surface area contributed by atoms with Crippen molar-refractivity contribution in [1.82, 2.24) is 9.80 Å². The fraction of sp³-hybridized carbons (Fsp3) is 0.481. The van der Waals surface area contributed by atoms with Crippen LogP contribution in [0.25, 0.3) is 6.08 Å². The van der Waals surface area contributed by atoms with E-state index in [0.29, 0.717) is 11.4 Å². The standard InChI is InChI=1S/C27H34ClFN2O/c1-30-14-16-31(17-15-30)20-24-5-3-2-4-23(18-21-8-12-26(29)13-9-21)27(24,32)19-22-6-10-25(28)11-7-22/h6-13,18,24,32H,2-5,14-17,19-20H2,1H3. The van der Waals surface area contributed by atoms with Gasteiger partial charge in [-0.15, -0.1) is 0 Å². The van der Waals surface area contributed by atoms with Crippen molar-refractivity contribution in [2.75, 3.05) is 39.8 Å². The Morgan fingerprint density at radius 1 is 1.03 bits per heavy atom. The van der Waals surface area contributed by atoms with Gasteiger partial charge in [-0.3, -0.25) is 0 Å². The first-order valence-corrected chi connectivity index (χ1v) is 12.1. The highest BCUT2D eigenvalue weighted by atomic mass is 35.5. The second-order valence-corrected chi connectivity index (χ2v) is 9.93. The van der Waals surface area contributed by atoms with Crippen LogP contribution in [0.3, 0.4) is 0 Å². The predicted molar refractivity (Wildman–Crippen MR) is 130 cm³/mol. The van der Waals surface area contributed by atoms with Crippen LogP contribution in [0.4, 0.5) is 4.39 Å². The third-order valence-electron chi connectivity index (χ3n) is 7.15. The van der Waals surface area contributed by atoms with Crippen molar-refractivity contribution in [1.29, 1.82) is 0 Å². The molecule has 2 aliphatic rings. The summed E-state index contributed by atoms with van der Waals surface area (Å²) in [6.07, 6.45) is 6.71. The number of rotatable bonds is 5. The van der Waals surface area contributed by atoms with Gasteiger partial charge in [0.1, 0.15) is 5.82 Å². The molecule has 2 atom stereocenters. The van der Waals surface area contributed by atoms with E-state index in [1.165, 1.54) is 12.1 Å². The maximum absolute atomic E-state index is 13.5. The monoisotopic (exact) mass is 456 g/mol. The Bertz CT molecular complexity index is 906. The molecule has 0 amide bonds. The lowest BCUT2D eigenvalue weighted by molar-refractivity contribution is -0.00643. The molecule has 1 aliphatic heterocycles. The van der Waals surface area contributed by atoms with Gasteiger partial charge in [0.15, 0.2) is 0 Å². The molecule has 172 valence electrons. The molecule has 0 spiro atoms. The van der Waals surface area contributed by atoms with Crippen molar-refractivity contribution in [3.05, 3.63) is 76.1 Å². The van der Waals surface area contributed by atoms with Gasteiger partial charge in [0, 0.05) is 50.1 Å². The van der Waals surface area contributed by atoms with Gasteiger partial charge < -0.3 is 14.9 Å². The molecule has 5 heteroatoms. The molecule has 2 fully saturated rings. The lowest BCUT2D eigenvalue weighted by Gasteiger charge is -2.42. The Balaban J connectivity index is 1.67. The Morgan fingerprint density at radius 3 is 2.41 bits per heavy atom. The van der Waals surface area contributed by atoms with Crippen LogP contribution in [0.15, 0.2) is 54.1 Å². The normalized spacial score (nSPS) is 26.9. The van der Waals surface area contributed by atoms with E-state index in [4.69, 9.17) is 11.6 Å². The number of benzene rings is 2. The van der Waals surface area contributed by atoms with E-state index in [1.54, 1.807) is 12.1 Å².